The largest absolute Gasteiger partial charge is 0.497 e. The molecule has 0 amide bonds. The summed E-state index contributed by atoms with van der Waals surface area (Å²) in [6, 6.07) is 7.82. The monoisotopic (exact) mass is 368 g/mol. The van der Waals surface area contributed by atoms with Gasteiger partial charge >= 0.3 is 0 Å². The lowest BCUT2D eigenvalue weighted by atomic mass is 10.2. The van der Waals surface area contributed by atoms with Crippen molar-refractivity contribution in [3.63, 3.8) is 0 Å². The summed E-state index contributed by atoms with van der Waals surface area (Å²) in [6.07, 6.45) is 0. The third-order valence-corrected chi connectivity index (χ3v) is 5.99. The van der Waals surface area contributed by atoms with E-state index < -0.39 is 10.2 Å². The van der Waals surface area contributed by atoms with Crippen LogP contribution in [0.4, 0.5) is 0 Å². The van der Waals surface area contributed by atoms with E-state index in [0.29, 0.717) is 32.7 Å². The van der Waals surface area contributed by atoms with Gasteiger partial charge in [-0.15, -0.1) is 11.3 Å². The molecule has 1 aliphatic rings. The van der Waals surface area contributed by atoms with E-state index in [-0.39, 0.29) is 0 Å². The molecular formula is C15H20N4O3S2. The van der Waals surface area contributed by atoms with Crippen molar-refractivity contribution in [1.29, 1.82) is 0 Å². The first-order valence-electron chi connectivity index (χ1n) is 7.55. The Labute approximate surface area is 145 Å². The number of methoxy groups -OCH3 is 1. The van der Waals surface area contributed by atoms with Crippen molar-refractivity contribution in [2.24, 2.45) is 5.14 Å². The van der Waals surface area contributed by atoms with Crippen LogP contribution in [0.15, 0.2) is 29.6 Å². The first kappa shape index (κ1) is 17.3. The molecular weight excluding hydrogens is 348 g/mol. The highest BCUT2D eigenvalue weighted by Crippen LogP contribution is 2.26. The molecule has 0 bridgehead atoms. The minimum atomic E-state index is -3.58. The second-order valence-electron chi connectivity index (χ2n) is 5.59. The maximum atomic E-state index is 11.3. The van der Waals surface area contributed by atoms with Crippen molar-refractivity contribution < 1.29 is 13.2 Å². The van der Waals surface area contributed by atoms with Crippen LogP contribution in [0.25, 0.3) is 10.6 Å². The smallest absolute Gasteiger partial charge is 0.276 e. The molecule has 9 heteroatoms. The standard InChI is InChI=1S/C15H20N4O3S2/c1-22-14-4-2-12(3-5-14)15-17-13(11-23-15)10-18-6-8-19(9-7-18)24(16,20)21/h2-5,11H,6-10H2,1H3,(H2,16,20,21). The van der Waals surface area contributed by atoms with Gasteiger partial charge in [0.1, 0.15) is 10.8 Å². The zero-order valence-electron chi connectivity index (χ0n) is 13.4. The Kier molecular flexibility index (Phi) is 5.16. The number of aromatic nitrogens is 1. The molecule has 0 atom stereocenters. The topological polar surface area (TPSA) is 88.8 Å². The molecule has 3 rings (SSSR count). The van der Waals surface area contributed by atoms with Gasteiger partial charge in [0.25, 0.3) is 10.2 Å². The van der Waals surface area contributed by atoms with Crippen LogP contribution >= 0.6 is 11.3 Å². The molecule has 0 saturated carbocycles. The summed E-state index contributed by atoms with van der Waals surface area (Å²) in [5.74, 6) is 0.822. The van der Waals surface area contributed by atoms with Gasteiger partial charge in [-0.25, -0.2) is 10.1 Å². The fourth-order valence-corrected chi connectivity index (χ4v) is 4.11. The molecule has 0 aliphatic carbocycles. The van der Waals surface area contributed by atoms with Crippen LogP contribution in [-0.2, 0) is 16.8 Å². The lowest BCUT2D eigenvalue weighted by molar-refractivity contribution is 0.180. The molecule has 1 aromatic carbocycles. The molecule has 2 aromatic rings. The maximum absolute atomic E-state index is 11.3. The Balaban J connectivity index is 1.60. The SMILES string of the molecule is COc1ccc(-c2nc(CN3CCN(S(N)(=O)=O)CC3)cs2)cc1. The van der Waals surface area contributed by atoms with E-state index in [9.17, 15) is 8.42 Å². The summed E-state index contributed by atoms with van der Waals surface area (Å²) >= 11 is 1.60. The lowest BCUT2D eigenvalue weighted by Gasteiger charge is -2.32. The van der Waals surface area contributed by atoms with Gasteiger partial charge in [-0.2, -0.15) is 12.7 Å². The highest BCUT2D eigenvalue weighted by molar-refractivity contribution is 7.86. The number of nitrogens with zero attached hydrogens (tertiary/aromatic N) is 3. The van der Waals surface area contributed by atoms with Crippen LogP contribution in [0, 0.1) is 0 Å². The molecule has 1 saturated heterocycles. The molecule has 2 N–H and O–H groups in total. The molecule has 1 fully saturated rings. The van der Waals surface area contributed by atoms with Crippen molar-refractivity contribution in [1.82, 2.24) is 14.2 Å². The zero-order valence-corrected chi connectivity index (χ0v) is 15.0. The summed E-state index contributed by atoms with van der Waals surface area (Å²) in [5, 5.41) is 8.17. The Bertz CT molecular complexity index is 781. The van der Waals surface area contributed by atoms with E-state index >= 15 is 0 Å². The van der Waals surface area contributed by atoms with Gasteiger partial charge in [-0.3, -0.25) is 4.90 Å². The zero-order chi connectivity index (χ0) is 17.2. The predicted octanol–water partition coefficient (Wildman–Crippen LogP) is 1.14. The first-order chi connectivity index (χ1) is 11.5. The molecule has 130 valence electrons. The number of hydrogen-bond acceptors (Lipinski definition) is 6. The van der Waals surface area contributed by atoms with Crippen molar-refractivity contribution >= 4 is 21.5 Å². The van der Waals surface area contributed by atoms with E-state index in [0.717, 1.165) is 22.0 Å². The minimum Gasteiger partial charge on any atom is -0.497 e. The van der Waals surface area contributed by atoms with Gasteiger partial charge in [0.05, 0.1) is 12.8 Å². The fourth-order valence-electron chi connectivity index (χ4n) is 2.62. The number of benzene rings is 1. The van der Waals surface area contributed by atoms with Crippen LogP contribution < -0.4 is 9.88 Å². The average Bonchev–Trinajstić information content (AvgIpc) is 3.03. The van der Waals surface area contributed by atoms with E-state index in [1.165, 1.54) is 4.31 Å². The van der Waals surface area contributed by atoms with Crippen molar-refractivity contribution in [2.45, 2.75) is 6.54 Å². The highest BCUT2D eigenvalue weighted by atomic mass is 32.2. The van der Waals surface area contributed by atoms with Crippen molar-refractivity contribution in [3.05, 3.63) is 35.3 Å². The minimum absolute atomic E-state index is 0.425. The van der Waals surface area contributed by atoms with Crippen LogP contribution in [0.2, 0.25) is 0 Å². The van der Waals surface area contributed by atoms with E-state index in [2.05, 4.69) is 9.88 Å². The number of ether oxygens (including phenoxy) is 1. The van der Waals surface area contributed by atoms with Crippen molar-refractivity contribution in [3.8, 4) is 16.3 Å². The number of thiazole rings is 1. The second-order valence-corrected chi connectivity index (χ2v) is 8.00. The molecule has 0 spiro atoms. The van der Waals surface area contributed by atoms with E-state index in [4.69, 9.17) is 9.88 Å². The molecule has 2 heterocycles. The molecule has 0 radical (unpaired) electrons. The van der Waals surface area contributed by atoms with Gasteiger partial charge in [0, 0.05) is 43.7 Å². The van der Waals surface area contributed by atoms with Gasteiger partial charge in [0.2, 0.25) is 0 Å². The van der Waals surface area contributed by atoms with Crippen LogP contribution in [-0.4, -0.2) is 55.9 Å². The summed E-state index contributed by atoms with van der Waals surface area (Å²) in [5.41, 5.74) is 2.06. The van der Waals surface area contributed by atoms with Gasteiger partial charge in [-0.05, 0) is 24.3 Å². The van der Waals surface area contributed by atoms with E-state index in [1.807, 2.05) is 29.6 Å². The highest BCUT2D eigenvalue weighted by Gasteiger charge is 2.24. The Morgan fingerprint density at radius 1 is 1.21 bits per heavy atom. The lowest BCUT2D eigenvalue weighted by Crippen LogP contribution is -2.50. The van der Waals surface area contributed by atoms with Gasteiger partial charge in [-0.1, -0.05) is 0 Å². The second kappa shape index (κ2) is 7.16. The number of hydrogen-bond donors (Lipinski definition) is 1. The fraction of sp³-hybridized carbons (Fsp3) is 0.400. The molecule has 1 aromatic heterocycles. The summed E-state index contributed by atoms with van der Waals surface area (Å²) in [6.45, 7) is 2.88. The maximum Gasteiger partial charge on any atom is 0.276 e. The van der Waals surface area contributed by atoms with Crippen LogP contribution in [0.5, 0.6) is 5.75 Å². The summed E-state index contributed by atoms with van der Waals surface area (Å²) in [7, 11) is -1.93. The quantitative estimate of drug-likeness (QED) is 0.855. The Hall–Kier alpha value is -1.52. The number of nitrogens with two attached hydrogens (primary N) is 1. The summed E-state index contributed by atoms with van der Waals surface area (Å²) in [4.78, 5) is 6.87. The number of piperazine rings is 1. The predicted molar refractivity (Wildman–Crippen MR) is 94.1 cm³/mol. The van der Waals surface area contributed by atoms with Gasteiger partial charge < -0.3 is 4.74 Å². The third kappa shape index (κ3) is 4.11. The summed E-state index contributed by atoms with van der Waals surface area (Å²) < 4.78 is 29.1. The first-order valence-corrected chi connectivity index (χ1v) is 9.93. The van der Waals surface area contributed by atoms with E-state index in [1.54, 1.807) is 18.4 Å². The number of rotatable bonds is 5. The van der Waals surface area contributed by atoms with Crippen LogP contribution in [0.3, 0.4) is 0 Å². The third-order valence-electron chi connectivity index (χ3n) is 3.97. The van der Waals surface area contributed by atoms with Gasteiger partial charge in [0.15, 0.2) is 0 Å². The van der Waals surface area contributed by atoms with Crippen molar-refractivity contribution in [2.75, 3.05) is 33.3 Å². The molecule has 24 heavy (non-hydrogen) atoms. The Morgan fingerprint density at radius 2 is 1.88 bits per heavy atom. The molecule has 0 unspecified atom stereocenters. The molecule has 1 aliphatic heterocycles. The Morgan fingerprint density at radius 3 is 2.46 bits per heavy atom. The average molecular weight is 368 g/mol. The molecule has 7 nitrogen and oxygen atoms in total. The normalized spacial score (nSPS) is 17.1. The van der Waals surface area contributed by atoms with Crippen LogP contribution in [0.1, 0.15) is 5.69 Å².